The Bertz CT molecular complexity index is 953. The topological polar surface area (TPSA) is 108 Å². The van der Waals surface area contributed by atoms with Gasteiger partial charge in [-0.1, -0.05) is 186 Å². The van der Waals surface area contributed by atoms with Crippen LogP contribution in [0.2, 0.25) is 0 Å². The molecule has 3 atom stereocenters. The van der Waals surface area contributed by atoms with Gasteiger partial charge in [0.05, 0.1) is 39.9 Å². The van der Waals surface area contributed by atoms with Crippen LogP contribution in [0.1, 0.15) is 213 Å². The van der Waals surface area contributed by atoms with Crippen molar-refractivity contribution in [3.05, 3.63) is 24.3 Å². The molecule has 0 fully saturated rings. The molecule has 0 rings (SSSR count). The van der Waals surface area contributed by atoms with Gasteiger partial charge in [-0.2, -0.15) is 0 Å². The number of carbonyl (C=O) groups is 1. The van der Waals surface area contributed by atoms with Gasteiger partial charge in [-0.25, -0.2) is 0 Å². The number of nitrogens with zero attached hydrogens (tertiary/aromatic N) is 1. The van der Waals surface area contributed by atoms with Crippen LogP contribution < -0.4 is 10.2 Å². The molecule has 0 heterocycles. The van der Waals surface area contributed by atoms with Crippen LogP contribution in [-0.4, -0.2) is 68.5 Å². The van der Waals surface area contributed by atoms with Crippen molar-refractivity contribution in [2.45, 2.75) is 225 Å². The molecule has 55 heavy (non-hydrogen) atoms. The molecular weight excluding hydrogens is 707 g/mol. The predicted molar refractivity (Wildman–Crippen MR) is 233 cm³/mol. The van der Waals surface area contributed by atoms with Gasteiger partial charge in [-0.05, 0) is 44.9 Å². The molecule has 9 heteroatoms. The highest BCUT2D eigenvalue weighted by molar-refractivity contribution is 7.45. The zero-order valence-electron chi connectivity index (χ0n) is 36.9. The first kappa shape index (κ1) is 54.0. The molecule has 0 aromatic rings. The summed E-state index contributed by atoms with van der Waals surface area (Å²) in [5.41, 5.74) is 0. The van der Waals surface area contributed by atoms with Gasteiger partial charge in [0.1, 0.15) is 13.2 Å². The van der Waals surface area contributed by atoms with E-state index in [1.54, 1.807) is 6.08 Å². The van der Waals surface area contributed by atoms with Gasteiger partial charge in [0.15, 0.2) is 0 Å². The molecule has 0 aliphatic rings. The number of aliphatic hydroxyl groups excluding tert-OH is 1. The maximum atomic E-state index is 12.9. The smallest absolute Gasteiger partial charge is 0.268 e. The van der Waals surface area contributed by atoms with E-state index >= 15 is 0 Å². The highest BCUT2D eigenvalue weighted by atomic mass is 31.2. The Kier molecular flexibility index (Phi) is 37.8. The normalized spacial score (nSPS) is 14.5. The van der Waals surface area contributed by atoms with E-state index in [4.69, 9.17) is 9.05 Å². The molecule has 0 bridgehead atoms. The summed E-state index contributed by atoms with van der Waals surface area (Å²) in [6, 6.07) is -0.885. The molecule has 8 nitrogen and oxygen atoms in total. The zero-order valence-corrected chi connectivity index (χ0v) is 37.8. The summed E-state index contributed by atoms with van der Waals surface area (Å²) in [6.45, 7) is 4.65. The van der Waals surface area contributed by atoms with E-state index in [9.17, 15) is 19.4 Å². The molecule has 0 saturated carbocycles. The number of phosphoric ester groups is 1. The van der Waals surface area contributed by atoms with E-state index < -0.39 is 20.0 Å². The number of carbonyl (C=O) groups excluding carboxylic acids is 1. The Morgan fingerprint density at radius 3 is 1.42 bits per heavy atom. The highest BCUT2D eigenvalue weighted by Crippen LogP contribution is 2.38. The molecule has 0 saturated heterocycles. The Hall–Kier alpha value is -1.02. The Balaban J connectivity index is 4.37. The number of aliphatic hydroxyl groups is 1. The number of unbranched alkanes of at least 4 members (excludes halogenated alkanes) is 27. The summed E-state index contributed by atoms with van der Waals surface area (Å²) < 4.78 is 23.2. The molecule has 3 unspecified atom stereocenters. The van der Waals surface area contributed by atoms with E-state index in [1.165, 1.54) is 154 Å². The second-order valence-electron chi connectivity index (χ2n) is 17.1. The lowest BCUT2D eigenvalue weighted by Gasteiger charge is -2.29. The molecule has 0 aromatic carbocycles. The first-order valence-electron chi connectivity index (χ1n) is 23.2. The molecule has 0 aliphatic heterocycles. The number of hydrogen-bond donors (Lipinski definition) is 2. The molecule has 0 aliphatic carbocycles. The third-order valence-electron chi connectivity index (χ3n) is 10.4. The van der Waals surface area contributed by atoms with Crippen LogP contribution in [0, 0.1) is 0 Å². The second kappa shape index (κ2) is 38.5. The largest absolute Gasteiger partial charge is 0.756 e. The third kappa shape index (κ3) is 41.0. The van der Waals surface area contributed by atoms with Crippen LogP contribution in [0.3, 0.4) is 0 Å². The quantitative estimate of drug-likeness (QED) is 0.0276. The van der Waals surface area contributed by atoms with Gasteiger partial charge < -0.3 is 28.8 Å². The maximum absolute atomic E-state index is 12.9. The first-order valence-corrected chi connectivity index (χ1v) is 24.7. The minimum Gasteiger partial charge on any atom is -0.756 e. The first-order chi connectivity index (χ1) is 26.5. The van der Waals surface area contributed by atoms with Gasteiger partial charge >= 0.3 is 0 Å². The summed E-state index contributed by atoms with van der Waals surface area (Å²) in [5.74, 6) is -0.201. The zero-order chi connectivity index (χ0) is 40.7. The fourth-order valence-electron chi connectivity index (χ4n) is 6.68. The van der Waals surface area contributed by atoms with Crippen molar-refractivity contribution in [1.82, 2.24) is 5.32 Å². The lowest BCUT2D eigenvalue weighted by atomic mass is 10.0. The van der Waals surface area contributed by atoms with Crippen LogP contribution in [0.5, 0.6) is 0 Å². The van der Waals surface area contributed by atoms with Crippen molar-refractivity contribution in [2.75, 3.05) is 40.9 Å². The lowest BCUT2D eigenvalue weighted by molar-refractivity contribution is -0.870. The minimum absolute atomic E-state index is 0.000738. The average molecular weight is 799 g/mol. The molecule has 326 valence electrons. The number of allylic oxidation sites excluding steroid dienone is 3. The van der Waals surface area contributed by atoms with Crippen LogP contribution in [0.15, 0.2) is 24.3 Å². The van der Waals surface area contributed by atoms with E-state index in [0.717, 1.165) is 38.5 Å². The van der Waals surface area contributed by atoms with Crippen LogP contribution in [0.25, 0.3) is 0 Å². The van der Waals surface area contributed by atoms with Crippen molar-refractivity contribution in [2.24, 2.45) is 0 Å². The molecule has 1 amide bonds. The van der Waals surface area contributed by atoms with Crippen molar-refractivity contribution in [3.8, 4) is 0 Å². The van der Waals surface area contributed by atoms with E-state index in [2.05, 4.69) is 31.3 Å². The van der Waals surface area contributed by atoms with Crippen LogP contribution in [-0.2, 0) is 18.4 Å². The van der Waals surface area contributed by atoms with E-state index in [-0.39, 0.29) is 19.1 Å². The van der Waals surface area contributed by atoms with Crippen molar-refractivity contribution < 1.29 is 32.9 Å². The molecule has 0 spiro atoms. The number of amides is 1. The Labute approximate surface area is 341 Å². The van der Waals surface area contributed by atoms with Crippen molar-refractivity contribution in [3.63, 3.8) is 0 Å². The fraction of sp³-hybridized carbons (Fsp3) is 0.891. The van der Waals surface area contributed by atoms with Crippen LogP contribution >= 0.6 is 7.82 Å². The third-order valence-corrected chi connectivity index (χ3v) is 11.4. The number of phosphoric acid groups is 1. The monoisotopic (exact) mass is 799 g/mol. The molecular formula is C46H91N2O6P. The van der Waals surface area contributed by atoms with E-state index in [1.807, 2.05) is 27.2 Å². The summed E-state index contributed by atoms with van der Waals surface area (Å²) in [5, 5.41) is 13.8. The predicted octanol–water partition coefficient (Wildman–Crippen LogP) is 12.3. The molecule has 0 radical (unpaired) electrons. The lowest BCUT2D eigenvalue weighted by Crippen LogP contribution is -2.45. The van der Waals surface area contributed by atoms with Crippen LogP contribution in [0.4, 0.5) is 0 Å². The number of rotatable bonds is 42. The number of likely N-dealkylation sites (N-methyl/N-ethyl adjacent to an activating group) is 1. The summed E-state index contributed by atoms with van der Waals surface area (Å²) in [7, 11) is 1.26. The number of quaternary nitrogens is 1. The summed E-state index contributed by atoms with van der Waals surface area (Å²) >= 11 is 0. The van der Waals surface area contributed by atoms with Gasteiger partial charge in [0.25, 0.3) is 7.82 Å². The van der Waals surface area contributed by atoms with Gasteiger partial charge in [-0.15, -0.1) is 0 Å². The summed E-state index contributed by atoms with van der Waals surface area (Å²) in [6.07, 6.45) is 45.0. The number of nitrogens with one attached hydrogen (secondary N) is 1. The van der Waals surface area contributed by atoms with Gasteiger partial charge in [0.2, 0.25) is 5.91 Å². The summed E-state index contributed by atoms with van der Waals surface area (Å²) in [4.78, 5) is 25.3. The maximum Gasteiger partial charge on any atom is 0.268 e. The van der Waals surface area contributed by atoms with Gasteiger partial charge in [0, 0.05) is 6.42 Å². The molecule has 2 N–H and O–H groups in total. The molecule has 0 aromatic heterocycles. The second-order valence-corrected chi connectivity index (χ2v) is 18.5. The fourth-order valence-corrected chi connectivity index (χ4v) is 7.40. The number of hydrogen-bond acceptors (Lipinski definition) is 6. The minimum atomic E-state index is -4.59. The highest BCUT2D eigenvalue weighted by Gasteiger charge is 2.23. The Morgan fingerprint density at radius 1 is 0.618 bits per heavy atom. The Morgan fingerprint density at radius 2 is 1.00 bits per heavy atom. The van der Waals surface area contributed by atoms with Crippen molar-refractivity contribution in [1.29, 1.82) is 0 Å². The SMILES string of the molecule is CCCCCCCCCC/C=C\CCCCCCCCCC(=O)NC(COP(=O)([O-])OCC[N+](C)(C)C)C(O)/C=C/CCCCCCCCCCCCCC. The van der Waals surface area contributed by atoms with Gasteiger partial charge in [-0.3, -0.25) is 9.36 Å². The average Bonchev–Trinajstić information content (AvgIpc) is 3.13. The van der Waals surface area contributed by atoms with E-state index in [0.29, 0.717) is 17.4 Å². The van der Waals surface area contributed by atoms with Crippen molar-refractivity contribution >= 4 is 13.7 Å². The standard InChI is InChI=1S/C46H91N2O6P/c1-6-8-10-12-14-16-18-20-22-23-24-25-26-28-30-32-34-36-38-40-46(50)47-44(43-54-55(51,52)53-42-41-48(3,4)5)45(49)39-37-35-33-31-29-27-21-19-17-15-13-11-9-7-2/h23-24,37,39,44-45,49H,6-22,25-36,38,40-43H2,1-5H3,(H-,47,50,51,52)/b24-23-,39-37+.